The molecule has 0 aliphatic carbocycles. The highest BCUT2D eigenvalue weighted by Gasteiger charge is 2.13. The normalized spacial score (nSPS) is 13.3. The van der Waals surface area contributed by atoms with E-state index >= 15 is 0 Å². The molecule has 0 aromatic heterocycles. The third kappa shape index (κ3) is 5.13. The van der Waals surface area contributed by atoms with Crippen molar-refractivity contribution in [3.8, 4) is 0 Å². The number of nitrogens with two attached hydrogens (primary N) is 2. The Bertz CT molecular complexity index is 509. The average molecular weight is 362 g/mol. The smallest absolute Gasteiger partial charge is 0.134 e. The summed E-state index contributed by atoms with van der Waals surface area (Å²) in [6.45, 7) is 0. The molecular weight excluding hydrogens is 343 g/mol. The second-order valence-corrected chi connectivity index (χ2v) is 5.26. The SMILES string of the molecule is Cl.NC(OC(N)c1ccc(CCl)cc1)c1ccc(CCl)cc1. The monoisotopic (exact) mass is 360 g/mol. The summed E-state index contributed by atoms with van der Waals surface area (Å²) in [6.07, 6.45) is -1.17. The Morgan fingerprint density at radius 2 is 1.05 bits per heavy atom. The van der Waals surface area contributed by atoms with Crippen molar-refractivity contribution in [1.82, 2.24) is 0 Å². The molecule has 0 saturated heterocycles. The number of alkyl halides is 2. The topological polar surface area (TPSA) is 61.3 Å². The fraction of sp³-hybridized carbons (Fsp3) is 0.250. The number of rotatable bonds is 6. The molecule has 6 heteroatoms. The Labute approximate surface area is 147 Å². The van der Waals surface area contributed by atoms with Crippen molar-refractivity contribution in [3.05, 3.63) is 70.8 Å². The molecule has 0 aliphatic rings. The van der Waals surface area contributed by atoms with E-state index in [-0.39, 0.29) is 12.4 Å². The molecule has 2 atom stereocenters. The zero-order chi connectivity index (χ0) is 15.2. The second kappa shape index (κ2) is 9.36. The first kappa shape index (κ1) is 19.2. The fourth-order valence-electron chi connectivity index (χ4n) is 1.91. The molecule has 0 aliphatic heterocycles. The van der Waals surface area contributed by atoms with Gasteiger partial charge in [0.2, 0.25) is 0 Å². The van der Waals surface area contributed by atoms with E-state index < -0.39 is 12.5 Å². The van der Waals surface area contributed by atoms with Crippen molar-refractivity contribution in [2.75, 3.05) is 0 Å². The summed E-state index contributed by atoms with van der Waals surface area (Å²) in [5.74, 6) is 0.950. The van der Waals surface area contributed by atoms with Crippen molar-refractivity contribution >= 4 is 35.6 Å². The molecule has 0 spiro atoms. The molecular formula is C16H19Cl3N2O. The van der Waals surface area contributed by atoms with Crippen LogP contribution in [0.4, 0.5) is 0 Å². The van der Waals surface area contributed by atoms with Crippen molar-refractivity contribution in [3.63, 3.8) is 0 Å². The van der Waals surface area contributed by atoms with E-state index in [9.17, 15) is 0 Å². The van der Waals surface area contributed by atoms with Crippen LogP contribution in [-0.2, 0) is 16.5 Å². The lowest BCUT2D eigenvalue weighted by molar-refractivity contribution is -0.00832. The highest BCUT2D eigenvalue weighted by atomic mass is 35.5. The molecule has 22 heavy (non-hydrogen) atoms. The van der Waals surface area contributed by atoms with Crippen molar-refractivity contribution in [2.45, 2.75) is 24.2 Å². The molecule has 0 heterocycles. The van der Waals surface area contributed by atoms with Crippen molar-refractivity contribution in [2.24, 2.45) is 11.5 Å². The maximum Gasteiger partial charge on any atom is 0.134 e. The third-order valence-electron chi connectivity index (χ3n) is 3.22. The molecule has 0 fully saturated rings. The lowest BCUT2D eigenvalue weighted by Crippen LogP contribution is -2.23. The Morgan fingerprint density at radius 1 is 0.727 bits per heavy atom. The Balaban J connectivity index is 0.00000242. The summed E-state index contributed by atoms with van der Waals surface area (Å²) >= 11 is 11.5. The first-order valence-electron chi connectivity index (χ1n) is 6.60. The fourth-order valence-corrected chi connectivity index (χ4v) is 2.26. The summed E-state index contributed by atoms with van der Waals surface area (Å²) in [6, 6.07) is 15.3. The largest absolute Gasteiger partial charge is 0.337 e. The van der Waals surface area contributed by atoms with Crippen LogP contribution in [0.25, 0.3) is 0 Å². The van der Waals surface area contributed by atoms with Gasteiger partial charge in [-0.2, -0.15) is 0 Å². The van der Waals surface area contributed by atoms with E-state index in [1.807, 2.05) is 48.5 Å². The van der Waals surface area contributed by atoms with Gasteiger partial charge in [0.25, 0.3) is 0 Å². The van der Waals surface area contributed by atoms with Crippen LogP contribution in [0.2, 0.25) is 0 Å². The molecule has 0 amide bonds. The van der Waals surface area contributed by atoms with E-state index in [0.717, 1.165) is 22.3 Å². The number of ether oxygens (including phenoxy) is 1. The summed E-state index contributed by atoms with van der Waals surface area (Å²) in [5.41, 5.74) is 15.8. The molecule has 0 saturated carbocycles. The van der Waals surface area contributed by atoms with Gasteiger partial charge in [0.1, 0.15) is 12.5 Å². The molecule has 3 nitrogen and oxygen atoms in total. The Hall–Kier alpha value is -0.810. The molecule has 2 unspecified atom stereocenters. The predicted molar refractivity (Wildman–Crippen MR) is 94.2 cm³/mol. The quantitative estimate of drug-likeness (QED) is 0.598. The second-order valence-electron chi connectivity index (χ2n) is 4.73. The average Bonchev–Trinajstić information content (AvgIpc) is 2.55. The molecule has 0 radical (unpaired) electrons. The van der Waals surface area contributed by atoms with Crippen molar-refractivity contribution in [1.29, 1.82) is 0 Å². The molecule has 4 N–H and O–H groups in total. The van der Waals surface area contributed by atoms with E-state index in [1.165, 1.54) is 0 Å². The first-order chi connectivity index (χ1) is 10.1. The Morgan fingerprint density at radius 3 is 1.32 bits per heavy atom. The van der Waals surface area contributed by atoms with Crippen molar-refractivity contribution < 1.29 is 4.74 Å². The van der Waals surface area contributed by atoms with E-state index in [1.54, 1.807) is 0 Å². The maximum atomic E-state index is 6.02. The number of halogens is 3. The predicted octanol–water partition coefficient (Wildman–Crippen LogP) is 4.22. The minimum absolute atomic E-state index is 0. The number of benzene rings is 2. The van der Waals surface area contributed by atoms with Crippen LogP contribution < -0.4 is 11.5 Å². The molecule has 120 valence electrons. The third-order valence-corrected chi connectivity index (χ3v) is 3.84. The summed E-state index contributed by atoms with van der Waals surface area (Å²) in [7, 11) is 0. The van der Waals surface area contributed by atoms with Gasteiger partial charge < -0.3 is 16.2 Å². The summed E-state index contributed by atoms with van der Waals surface area (Å²) < 4.78 is 5.66. The number of hydrogen-bond acceptors (Lipinski definition) is 3. The van der Waals surface area contributed by atoms with Crippen LogP contribution in [0, 0.1) is 0 Å². The van der Waals surface area contributed by atoms with Crippen LogP contribution in [-0.4, -0.2) is 0 Å². The van der Waals surface area contributed by atoms with Gasteiger partial charge in [-0.1, -0.05) is 48.5 Å². The number of hydrogen-bond donors (Lipinski definition) is 2. The lowest BCUT2D eigenvalue weighted by Gasteiger charge is -2.20. The van der Waals surface area contributed by atoms with Crippen LogP contribution >= 0.6 is 35.6 Å². The highest BCUT2D eigenvalue weighted by Crippen LogP contribution is 2.21. The van der Waals surface area contributed by atoms with Crippen LogP contribution in [0.15, 0.2) is 48.5 Å². The van der Waals surface area contributed by atoms with Gasteiger partial charge >= 0.3 is 0 Å². The molecule has 0 bridgehead atoms. The maximum absolute atomic E-state index is 6.02. The summed E-state index contributed by atoms with van der Waals surface area (Å²) in [5, 5.41) is 0. The van der Waals surface area contributed by atoms with Gasteiger partial charge in [0.15, 0.2) is 0 Å². The molecule has 2 aromatic carbocycles. The summed E-state index contributed by atoms with van der Waals surface area (Å²) in [4.78, 5) is 0. The van der Waals surface area contributed by atoms with E-state index in [0.29, 0.717) is 11.8 Å². The van der Waals surface area contributed by atoms with Gasteiger partial charge in [0.05, 0.1) is 0 Å². The zero-order valence-corrected chi connectivity index (χ0v) is 14.2. The highest BCUT2D eigenvalue weighted by molar-refractivity contribution is 6.17. The van der Waals surface area contributed by atoms with Crippen LogP contribution in [0.1, 0.15) is 34.7 Å². The van der Waals surface area contributed by atoms with Gasteiger partial charge in [-0.3, -0.25) is 0 Å². The van der Waals surface area contributed by atoms with Gasteiger partial charge in [-0.25, -0.2) is 0 Å². The molecule has 2 rings (SSSR count). The van der Waals surface area contributed by atoms with E-state index in [4.69, 9.17) is 39.4 Å². The lowest BCUT2D eigenvalue weighted by atomic mass is 10.1. The first-order valence-corrected chi connectivity index (χ1v) is 7.67. The molecule has 2 aromatic rings. The van der Waals surface area contributed by atoms with Crippen LogP contribution in [0.5, 0.6) is 0 Å². The minimum Gasteiger partial charge on any atom is -0.337 e. The zero-order valence-electron chi connectivity index (χ0n) is 11.9. The van der Waals surface area contributed by atoms with Gasteiger partial charge in [0, 0.05) is 11.8 Å². The van der Waals surface area contributed by atoms with Crippen LogP contribution in [0.3, 0.4) is 0 Å². The minimum atomic E-state index is -0.586. The van der Waals surface area contributed by atoms with Gasteiger partial charge in [-0.05, 0) is 22.3 Å². The van der Waals surface area contributed by atoms with Gasteiger partial charge in [-0.15, -0.1) is 35.6 Å². The standard InChI is InChI=1S/C16H18Cl2N2O.ClH/c17-9-11-1-5-13(6-2-11)15(19)21-16(20)14-7-3-12(10-18)4-8-14;/h1-8,15-16H,9-10,19-20H2;1H. The Kier molecular flexibility index (Phi) is 8.18. The van der Waals surface area contributed by atoms with E-state index in [2.05, 4.69) is 0 Å².